The van der Waals surface area contributed by atoms with Gasteiger partial charge in [-0.3, -0.25) is 0 Å². The molecule has 0 aliphatic carbocycles. The van der Waals surface area contributed by atoms with E-state index in [-0.39, 0.29) is 45.1 Å². The van der Waals surface area contributed by atoms with Crippen molar-refractivity contribution >= 4 is 17.9 Å². The Balaban J connectivity index is -0.000000396. The average molecular weight is 895 g/mol. The molecule has 7 heteroatoms. The van der Waals surface area contributed by atoms with Crippen LogP contribution in [0.25, 0.3) is 0 Å². The predicted molar refractivity (Wildman–Crippen MR) is 254 cm³/mol. The molecule has 0 atom stereocenters. The summed E-state index contributed by atoms with van der Waals surface area (Å²) in [4.78, 5) is 30.7. The summed E-state index contributed by atoms with van der Waals surface area (Å²) in [5.74, 6) is -2.71. The van der Waals surface area contributed by atoms with Gasteiger partial charge in [-0.25, -0.2) is 0 Å². The third-order valence-electron chi connectivity index (χ3n) is 12.0. The van der Waals surface area contributed by atoms with E-state index in [0.29, 0.717) is 0 Å². The van der Waals surface area contributed by atoms with Crippen LogP contribution < -0.4 is 15.3 Å². The van der Waals surface area contributed by atoms with Crippen LogP contribution in [0.1, 0.15) is 329 Å². The molecule has 0 aromatic rings. The second kappa shape index (κ2) is 63.6. The molecule has 0 rings (SSSR count). The standard InChI is InChI=1S/3C18H36O2.Sc/c3*1-2-3-4-5-6-7-8-9-10-11-12-13-14-15-16-17-18(19)20;/h3*2-17H2,1H3,(H,19,20);/q;;;+3/p-3. The zero-order valence-electron chi connectivity index (χ0n) is 41.5. The van der Waals surface area contributed by atoms with Gasteiger partial charge in [-0.2, -0.15) is 0 Å². The van der Waals surface area contributed by atoms with E-state index in [1.165, 1.54) is 250 Å². The van der Waals surface area contributed by atoms with Gasteiger partial charge in [0.2, 0.25) is 0 Å². The van der Waals surface area contributed by atoms with E-state index in [1.807, 2.05) is 0 Å². The van der Waals surface area contributed by atoms with Crippen LogP contribution in [0.5, 0.6) is 0 Å². The first-order chi connectivity index (χ1) is 29.3. The van der Waals surface area contributed by atoms with Crippen LogP contribution in [0, 0.1) is 0 Å². The Kier molecular flexibility index (Phi) is 69.7. The molecular weight excluding hydrogens is 790 g/mol. The number of aliphatic carboxylic acids is 3. The normalized spacial score (nSPS) is 10.7. The minimum absolute atomic E-state index is 0. The second-order valence-electron chi connectivity index (χ2n) is 18.2. The van der Waals surface area contributed by atoms with Gasteiger partial charge in [0.05, 0.1) is 0 Å². The number of carboxylic acids is 3. The molecule has 61 heavy (non-hydrogen) atoms. The summed E-state index contributed by atoms with van der Waals surface area (Å²) < 4.78 is 0. The molecule has 0 saturated carbocycles. The van der Waals surface area contributed by atoms with Gasteiger partial charge in [0, 0.05) is 17.9 Å². The van der Waals surface area contributed by atoms with Crippen LogP contribution in [0.3, 0.4) is 0 Å². The fourth-order valence-corrected chi connectivity index (χ4v) is 7.92. The van der Waals surface area contributed by atoms with Crippen molar-refractivity contribution in [2.24, 2.45) is 0 Å². The van der Waals surface area contributed by atoms with E-state index in [4.69, 9.17) is 0 Å². The number of unbranched alkanes of at least 4 members (excludes halogenated alkanes) is 42. The van der Waals surface area contributed by atoms with E-state index >= 15 is 0 Å². The molecule has 0 heterocycles. The smallest absolute Gasteiger partial charge is 0.550 e. The van der Waals surface area contributed by atoms with Crippen molar-refractivity contribution in [1.29, 1.82) is 0 Å². The van der Waals surface area contributed by atoms with Crippen LogP contribution in [0.4, 0.5) is 0 Å². The zero-order valence-corrected chi connectivity index (χ0v) is 43.3. The first-order valence-corrected chi connectivity index (χ1v) is 26.9. The number of rotatable bonds is 48. The minimum atomic E-state index is -0.903. The molecular formula is C54H105O6Sc. The molecule has 0 aromatic carbocycles. The van der Waals surface area contributed by atoms with Crippen LogP contribution in [0.2, 0.25) is 0 Å². The van der Waals surface area contributed by atoms with Crippen molar-refractivity contribution in [3.8, 4) is 0 Å². The van der Waals surface area contributed by atoms with Gasteiger partial charge in [-0.15, -0.1) is 0 Å². The number of carboxylic acid groups (broad SMARTS) is 3. The SMILES string of the molecule is CCCCCCCCCCCCCCCCCC(=O)[O-].CCCCCCCCCCCCCCCCCC(=O)[O-].CCCCCCCCCCCCCCCCCC(=O)[O-].[Sc+3]. The number of hydrogen-bond donors (Lipinski definition) is 0. The van der Waals surface area contributed by atoms with Gasteiger partial charge < -0.3 is 29.7 Å². The Morgan fingerprint density at radius 2 is 0.311 bits per heavy atom. The number of hydrogen-bond acceptors (Lipinski definition) is 6. The third kappa shape index (κ3) is 76.9. The van der Waals surface area contributed by atoms with Crippen LogP contribution >= 0.6 is 0 Å². The summed E-state index contributed by atoms with van der Waals surface area (Å²) in [6.07, 6.45) is 59.6. The van der Waals surface area contributed by atoms with Crippen LogP contribution in [0.15, 0.2) is 0 Å². The molecule has 0 fully saturated rings. The molecule has 0 unspecified atom stereocenters. The second-order valence-corrected chi connectivity index (χ2v) is 18.2. The molecule has 0 radical (unpaired) electrons. The Hall–Kier alpha value is -0.720. The first kappa shape index (κ1) is 66.9. The summed E-state index contributed by atoms with van der Waals surface area (Å²) in [7, 11) is 0. The first-order valence-electron chi connectivity index (χ1n) is 26.9. The van der Waals surface area contributed by atoms with Crippen molar-refractivity contribution in [3.05, 3.63) is 0 Å². The summed E-state index contributed by atoms with van der Waals surface area (Å²) in [5, 5.41) is 30.7. The predicted octanol–water partition coefficient (Wildman–Crippen LogP) is 15.0. The molecule has 6 nitrogen and oxygen atoms in total. The van der Waals surface area contributed by atoms with Crippen molar-refractivity contribution in [2.45, 2.75) is 329 Å². The average Bonchev–Trinajstić information content (AvgIpc) is 3.22. The van der Waals surface area contributed by atoms with Gasteiger partial charge in [0.1, 0.15) is 0 Å². The fourth-order valence-electron chi connectivity index (χ4n) is 7.92. The van der Waals surface area contributed by atoms with Crippen LogP contribution in [-0.4, -0.2) is 17.9 Å². The van der Waals surface area contributed by atoms with E-state index < -0.39 is 17.9 Å². The van der Waals surface area contributed by atoms with Gasteiger partial charge in [0.15, 0.2) is 0 Å². The maximum Gasteiger partial charge on any atom is 3.00 e. The third-order valence-corrected chi connectivity index (χ3v) is 12.0. The molecule has 0 amide bonds. The molecule has 0 bridgehead atoms. The summed E-state index contributed by atoms with van der Waals surface area (Å²) >= 11 is 0. The summed E-state index contributed by atoms with van der Waals surface area (Å²) in [5.41, 5.74) is 0. The van der Waals surface area contributed by atoms with Crippen molar-refractivity contribution in [3.63, 3.8) is 0 Å². The zero-order chi connectivity index (χ0) is 44.7. The van der Waals surface area contributed by atoms with Crippen molar-refractivity contribution < 1.29 is 55.5 Å². The maximum atomic E-state index is 10.2. The molecule has 0 saturated heterocycles. The van der Waals surface area contributed by atoms with E-state index in [1.54, 1.807) is 0 Å². The van der Waals surface area contributed by atoms with E-state index in [2.05, 4.69) is 20.8 Å². The Morgan fingerprint density at radius 3 is 0.410 bits per heavy atom. The Labute approximate surface area is 400 Å². The summed E-state index contributed by atoms with van der Waals surface area (Å²) in [6, 6.07) is 0. The maximum absolute atomic E-state index is 10.2. The Morgan fingerprint density at radius 1 is 0.213 bits per heavy atom. The van der Waals surface area contributed by atoms with E-state index in [9.17, 15) is 29.7 Å². The van der Waals surface area contributed by atoms with Crippen molar-refractivity contribution in [1.82, 2.24) is 0 Å². The number of carbonyl (C=O) groups is 3. The quantitative estimate of drug-likeness (QED) is 0.0561. The van der Waals surface area contributed by atoms with Gasteiger partial charge in [-0.05, 0) is 38.5 Å². The van der Waals surface area contributed by atoms with Crippen molar-refractivity contribution in [2.75, 3.05) is 0 Å². The topological polar surface area (TPSA) is 120 Å². The van der Waals surface area contributed by atoms with Crippen LogP contribution in [-0.2, 0) is 40.2 Å². The fraction of sp³-hybridized carbons (Fsp3) is 0.944. The largest absolute Gasteiger partial charge is 3.00 e. The van der Waals surface area contributed by atoms with Gasteiger partial charge in [0.25, 0.3) is 0 Å². The molecule has 0 aromatic heterocycles. The molecule has 360 valence electrons. The van der Waals surface area contributed by atoms with Gasteiger partial charge >= 0.3 is 25.8 Å². The molecule has 0 spiro atoms. The Bertz CT molecular complexity index is 717. The molecule has 0 aliphatic rings. The molecule has 0 aliphatic heterocycles. The monoisotopic (exact) mass is 895 g/mol. The number of carbonyl (C=O) groups excluding carboxylic acids is 3. The molecule has 0 N–H and O–H groups in total. The minimum Gasteiger partial charge on any atom is -0.550 e. The van der Waals surface area contributed by atoms with E-state index in [0.717, 1.165) is 38.5 Å². The van der Waals surface area contributed by atoms with Gasteiger partial charge in [-0.1, -0.05) is 290 Å². The summed E-state index contributed by atoms with van der Waals surface area (Å²) in [6.45, 7) is 6.80.